The van der Waals surface area contributed by atoms with E-state index < -0.39 is 18.2 Å². The molecule has 6 nitrogen and oxygen atoms in total. The summed E-state index contributed by atoms with van der Waals surface area (Å²) in [7, 11) is 0. The second-order valence-electron chi connectivity index (χ2n) is 3.11. The van der Waals surface area contributed by atoms with E-state index in [2.05, 4.69) is 11.8 Å². The van der Waals surface area contributed by atoms with Crippen molar-refractivity contribution in [1.29, 1.82) is 0 Å². The number of nitrogens with zero attached hydrogens (tertiary/aromatic N) is 2. The van der Waals surface area contributed by atoms with E-state index in [1.54, 1.807) is 6.92 Å². The van der Waals surface area contributed by atoms with Crippen molar-refractivity contribution in [3.05, 3.63) is 0 Å². The molecule has 0 aliphatic carbocycles. The van der Waals surface area contributed by atoms with E-state index in [0.717, 1.165) is 4.90 Å². The van der Waals surface area contributed by atoms with E-state index in [4.69, 9.17) is 10.2 Å². The predicted octanol–water partition coefficient (Wildman–Crippen LogP) is 0.352. The highest BCUT2D eigenvalue weighted by Gasteiger charge is 2.31. The van der Waals surface area contributed by atoms with Crippen LogP contribution in [0.15, 0.2) is 0 Å². The lowest BCUT2D eigenvalue weighted by Crippen LogP contribution is -2.55. The normalized spacial score (nSPS) is 20.5. The first kappa shape index (κ1) is 11.2. The van der Waals surface area contributed by atoms with Crippen molar-refractivity contribution in [3.8, 4) is 11.8 Å². The molecule has 1 fully saturated rings. The molecule has 0 aromatic carbocycles. The van der Waals surface area contributed by atoms with Crippen molar-refractivity contribution in [2.75, 3.05) is 19.6 Å². The second kappa shape index (κ2) is 4.55. The highest BCUT2D eigenvalue weighted by molar-refractivity contribution is 5.68. The zero-order chi connectivity index (χ0) is 11.4. The molecule has 1 aliphatic heterocycles. The van der Waals surface area contributed by atoms with Gasteiger partial charge in [0, 0.05) is 13.1 Å². The fourth-order valence-electron chi connectivity index (χ4n) is 1.48. The van der Waals surface area contributed by atoms with E-state index in [1.165, 1.54) is 4.90 Å². The Labute approximate surface area is 87.1 Å². The Hall–Kier alpha value is -1.90. The van der Waals surface area contributed by atoms with Crippen molar-refractivity contribution >= 4 is 12.2 Å². The average Bonchev–Trinajstić information content (AvgIpc) is 2.17. The summed E-state index contributed by atoms with van der Waals surface area (Å²) < 4.78 is 0. The van der Waals surface area contributed by atoms with Gasteiger partial charge in [0.05, 0.1) is 6.54 Å². The summed E-state index contributed by atoms with van der Waals surface area (Å²) in [5.74, 6) is 5.30. The molecule has 1 heterocycles. The Bertz CT molecular complexity index is 331. The average molecular weight is 212 g/mol. The molecule has 1 saturated heterocycles. The molecule has 2 amide bonds. The molecule has 6 heteroatoms. The summed E-state index contributed by atoms with van der Waals surface area (Å²) in [6.45, 7) is 2.08. The van der Waals surface area contributed by atoms with Gasteiger partial charge in [-0.1, -0.05) is 5.92 Å². The summed E-state index contributed by atoms with van der Waals surface area (Å²) in [6.07, 6.45) is -2.10. The lowest BCUT2D eigenvalue weighted by molar-refractivity contribution is 0.0790. The van der Waals surface area contributed by atoms with Crippen LogP contribution in [-0.4, -0.2) is 57.9 Å². The predicted molar refractivity (Wildman–Crippen MR) is 51.6 cm³/mol. The minimum absolute atomic E-state index is 0.114. The number of carboxylic acid groups (broad SMARTS) is 2. The Morgan fingerprint density at radius 1 is 1.27 bits per heavy atom. The van der Waals surface area contributed by atoms with E-state index in [1.807, 2.05) is 0 Å². The molecule has 1 rings (SSSR count). The van der Waals surface area contributed by atoms with Crippen LogP contribution in [0, 0.1) is 11.8 Å². The molecule has 0 spiro atoms. The third-order valence-electron chi connectivity index (χ3n) is 2.21. The number of carbonyl (C=O) groups is 2. The highest BCUT2D eigenvalue weighted by Crippen LogP contribution is 2.09. The van der Waals surface area contributed by atoms with E-state index in [0.29, 0.717) is 0 Å². The Kier molecular flexibility index (Phi) is 3.39. The van der Waals surface area contributed by atoms with Gasteiger partial charge in [0.25, 0.3) is 0 Å². The van der Waals surface area contributed by atoms with Crippen molar-refractivity contribution < 1.29 is 19.8 Å². The molecule has 2 N–H and O–H groups in total. The Morgan fingerprint density at radius 3 is 2.40 bits per heavy atom. The molecule has 0 radical (unpaired) electrons. The van der Waals surface area contributed by atoms with Gasteiger partial charge in [0.15, 0.2) is 0 Å². The van der Waals surface area contributed by atoms with Crippen LogP contribution in [-0.2, 0) is 0 Å². The quantitative estimate of drug-likeness (QED) is 0.568. The monoisotopic (exact) mass is 212 g/mol. The van der Waals surface area contributed by atoms with Gasteiger partial charge in [-0.15, -0.1) is 5.92 Å². The van der Waals surface area contributed by atoms with Crippen LogP contribution in [0.1, 0.15) is 6.92 Å². The summed E-state index contributed by atoms with van der Waals surface area (Å²) >= 11 is 0. The maximum absolute atomic E-state index is 10.8. The van der Waals surface area contributed by atoms with Crippen molar-refractivity contribution in [1.82, 2.24) is 9.80 Å². The second-order valence-corrected chi connectivity index (χ2v) is 3.11. The summed E-state index contributed by atoms with van der Waals surface area (Å²) in [5, 5.41) is 17.6. The third kappa shape index (κ3) is 2.53. The van der Waals surface area contributed by atoms with Gasteiger partial charge >= 0.3 is 12.2 Å². The fraction of sp³-hybridized carbons (Fsp3) is 0.556. The van der Waals surface area contributed by atoms with Gasteiger partial charge in [-0.3, -0.25) is 4.90 Å². The maximum atomic E-state index is 10.8. The molecule has 1 atom stereocenters. The van der Waals surface area contributed by atoms with Gasteiger partial charge in [0.2, 0.25) is 0 Å². The van der Waals surface area contributed by atoms with Gasteiger partial charge in [-0.05, 0) is 6.92 Å². The largest absolute Gasteiger partial charge is 0.465 e. The van der Waals surface area contributed by atoms with Crippen LogP contribution in [0.4, 0.5) is 9.59 Å². The SMILES string of the molecule is CC#C[C@H]1CN(C(=O)O)CCN1C(=O)O. The van der Waals surface area contributed by atoms with E-state index >= 15 is 0 Å². The zero-order valence-electron chi connectivity index (χ0n) is 8.30. The first-order valence-corrected chi connectivity index (χ1v) is 4.46. The van der Waals surface area contributed by atoms with Crippen LogP contribution in [0.2, 0.25) is 0 Å². The maximum Gasteiger partial charge on any atom is 0.408 e. The first-order valence-electron chi connectivity index (χ1n) is 4.46. The smallest absolute Gasteiger partial charge is 0.408 e. The molecule has 0 aromatic rings. The topological polar surface area (TPSA) is 81.1 Å². The zero-order valence-corrected chi connectivity index (χ0v) is 8.30. The summed E-state index contributed by atoms with van der Waals surface area (Å²) in [5.41, 5.74) is 0. The standard InChI is InChI=1S/C9H12N2O4/c1-2-3-7-6-10(8(12)13)4-5-11(7)9(14)15/h7H,4-6H2,1H3,(H,12,13)(H,14,15)/t7-/m0/s1. The van der Waals surface area contributed by atoms with E-state index in [9.17, 15) is 9.59 Å². The number of amides is 2. The minimum Gasteiger partial charge on any atom is -0.465 e. The molecule has 1 aliphatic rings. The number of piperazine rings is 1. The number of rotatable bonds is 0. The minimum atomic E-state index is -1.06. The molecular formula is C9H12N2O4. The molecule has 0 bridgehead atoms. The molecular weight excluding hydrogens is 200 g/mol. The fourth-order valence-corrected chi connectivity index (χ4v) is 1.48. The molecule has 0 aromatic heterocycles. The van der Waals surface area contributed by atoms with Crippen molar-refractivity contribution in [2.24, 2.45) is 0 Å². The lowest BCUT2D eigenvalue weighted by atomic mass is 10.2. The first-order chi connectivity index (χ1) is 7.06. The molecule has 82 valence electrons. The summed E-state index contributed by atoms with van der Waals surface area (Å²) in [4.78, 5) is 23.8. The van der Waals surface area contributed by atoms with Gasteiger partial charge in [-0.2, -0.15) is 0 Å². The van der Waals surface area contributed by atoms with Crippen LogP contribution in [0.3, 0.4) is 0 Å². The van der Waals surface area contributed by atoms with Crippen LogP contribution in [0.25, 0.3) is 0 Å². The van der Waals surface area contributed by atoms with Gasteiger partial charge in [0.1, 0.15) is 6.04 Å². The van der Waals surface area contributed by atoms with Crippen molar-refractivity contribution in [3.63, 3.8) is 0 Å². The third-order valence-corrected chi connectivity index (χ3v) is 2.21. The van der Waals surface area contributed by atoms with Crippen LogP contribution >= 0.6 is 0 Å². The highest BCUT2D eigenvalue weighted by atomic mass is 16.4. The summed E-state index contributed by atoms with van der Waals surface area (Å²) in [6, 6.07) is -0.558. The van der Waals surface area contributed by atoms with Crippen molar-refractivity contribution in [2.45, 2.75) is 13.0 Å². The van der Waals surface area contributed by atoms with Crippen LogP contribution in [0.5, 0.6) is 0 Å². The molecule has 0 saturated carbocycles. The van der Waals surface area contributed by atoms with Gasteiger partial charge in [-0.25, -0.2) is 9.59 Å². The molecule has 15 heavy (non-hydrogen) atoms. The number of hydrogen-bond donors (Lipinski definition) is 2. The number of hydrogen-bond acceptors (Lipinski definition) is 2. The Balaban J connectivity index is 2.76. The molecule has 0 unspecified atom stereocenters. The van der Waals surface area contributed by atoms with E-state index in [-0.39, 0.29) is 19.6 Å². The van der Waals surface area contributed by atoms with Gasteiger partial charge < -0.3 is 15.1 Å². The Morgan fingerprint density at radius 2 is 1.93 bits per heavy atom. The lowest BCUT2D eigenvalue weighted by Gasteiger charge is -2.35. The van der Waals surface area contributed by atoms with Crippen LogP contribution < -0.4 is 0 Å².